The maximum Gasteiger partial charge on any atom is 0.147 e. The van der Waals surface area contributed by atoms with Crippen molar-refractivity contribution in [3.05, 3.63) is 41.6 Å². The molecular formula is C22H30N6O. The summed E-state index contributed by atoms with van der Waals surface area (Å²) in [7, 11) is 1.74. The third-order valence-electron chi connectivity index (χ3n) is 6.43. The molecule has 0 radical (unpaired) electrons. The van der Waals surface area contributed by atoms with Crippen LogP contribution >= 0.6 is 0 Å². The number of hydrogen-bond donors (Lipinski definition) is 1. The van der Waals surface area contributed by atoms with Crippen molar-refractivity contribution in [2.45, 2.75) is 51.9 Å². The van der Waals surface area contributed by atoms with Crippen molar-refractivity contribution in [3.8, 4) is 5.75 Å². The Morgan fingerprint density at radius 3 is 3.03 bits per heavy atom. The van der Waals surface area contributed by atoms with Gasteiger partial charge >= 0.3 is 0 Å². The number of benzene rings is 1. The van der Waals surface area contributed by atoms with E-state index in [9.17, 15) is 0 Å². The van der Waals surface area contributed by atoms with Crippen molar-refractivity contribution in [1.82, 2.24) is 29.5 Å². The zero-order chi connectivity index (χ0) is 19.8. The molecule has 0 saturated carbocycles. The lowest BCUT2D eigenvalue weighted by Gasteiger charge is -2.32. The fourth-order valence-corrected chi connectivity index (χ4v) is 4.93. The van der Waals surface area contributed by atoms with Crippen LogP contribution in [0.1, 0.15) is 42.9 Å². The quantitative estimate of drug-likeness (QED) is 0.721. The van der Waals surface area contributed by atoms with Crippen LogP contribution in [0.4, 0.5) is 0 Å². The molecule has 1 aromatic carbocycles. The smallest absolute Gasteiger partial charge is 0.147 e. The van der Waals surface area contributed by atoms with E-state index in [4.69, 9.17) is 4.74 Å². The van der Waals surface area contributed by atoms with Crippen LogP contribution in [0.15, 0.2) is 24.4 Å². The number of methoxy groups -OCH3 is 1. The summed E-state index contributed by atoms with van der Waals surface area (Å²) < 4.78 is 10.2. The fraction of sp³-hybridized carbons (Fsp3) is 0.545. The third-order valence-corrected chi connectivity index (χ3v) is 6.43. The predicted molar refractivity (Wildman–Crippen MR) is 113 cm³/mol. The maximum atomic E-state index is 5.48. The van der Waals surface area contributed by atoms with Gasteiger partial charge in [-0.3, -0.25) is 4.90 Å². The van der Waals surface area contributed by atoms with Crippen LogP contribution in [0.25, 0.3) is 10.9 Å². The molecule has 2 aliphatic rings. The number of piperidine rings is 1. The Bertz CT molecular complexity index is 1010. The Hall–Kier alpha value is -2.38. The van der Waals surface area contributed by atoms with Gasteiger partial charge in [0, 0.05) is 55.7 Å². The van der Waals surface area contributed by atoms with Gasteiger partial charge in [-0.1, -0.05) is 0 Å². The van der Waals surface area contributed by atoms with E-state index >= 15 is 0 Å². The van der Waals surface area contributed by atoms with Crippen molar-refractivity contribution in [2.24, 2.45) is 0 Å². The fourth-order valence-electron chi connectivity index (χ4n) is 4.93. The average Bonchev–Trinajstić information content (AvgIpc) is 3.35. The van der Waals surface area contributed by atoms with Crippen molar-refractivity contribution < 1.29 is 4.74 Å². The van der Waals surface area contributed by atoms with Gasteiger partial charge in [-0.2, -0.15) is 0 Å². The Morgan fingerprint density at radius 2 is 2.17 bits per heavy atom. The van der Waals surface area contributed by atoms with Crippen LogP contribution in [0, 0.1) is 0 Å². The van der Waals surface area contributed by atoms with E-state index in [1.165, 1.54) is 35.1 Å². The van der Waals surface area contributed by atoms with Crippen LogP contribution in [0.3, 0.4) is 0 Å². The van der Waals surface area contributed by atoms with E-state index in [1.807, 2.05) is 0 Å². The van der Waals surface area contributed by atoms with Gasteiger partial charge < -0.3 is 19.2 Å². The zero-order valence-corrected chi connectivity index (χ0v) is 17.4. The standard InChI is InChI=1S/C22H30N6O/c1-3-27-15-17(19-11-18(29-2)6-7-20(19)27)14-26-9-4-5-16(13-26)22-25-24-21-12-23-8-10-28(21)22/h6-7,11,15-16,23H,3-5,8-10,12-14H2,1-2H3. The monoisotopic (exact) mass is 394 g/mol. The molecule has 0 bridgehead atoms. The lowest BCUT2D eigenvalue weighted by atomic mass is 9.96. The molecule has 2 aromatic heterocycles. The minimum atomic E-state index is 0.470. The van der Waals surface area contributed by atoms with Crippen LogP contribution < -0.4 is 10.1 Å². The lowest BCUT2D eigenvalue weighted by Crippen LogP contribution is -2.36. The molecule has 1 fully saturated rings. The van der Waals surface area contributed by atoms with Gasteiger partial charge in [0.15, 0.2) is 0 Å². The second-order valence-corrected chi connectivity index (χ2v) is 8.20. The minimum Gasteiger partial charge on any atom is -0.497 e. The maximum absolute atomic E-state index is 5.48. The molecule has 2 aliphatic heterocycles. The molecule has 1 atom stereocenters. The summed E-state index contributed by atoms with van der Waals surface area (Å²) in [6.07, 6.45) is 4.73. The number of ether oxygens (including phenoxy) is 1. The number of nitrogens with one attached hydrogen (secondary N) is 1. The van der Waals surface area contributed by atoms with Gasteiger partial charge in [-0.25, -0.2) is 0 Å². The van der Waals surface area contributed by atoms with E-state index in [0.717, 1.165) is 57.4 Å². The van der Waals surface area contributed by atoms with Crippen LogP contribution in [-0.2, 0) is 26.2 Å². The van der Waals surface area contributed by atoms with Gasteiger partial charge in [0.05, 0.1) is 13.7 Å². The van der Waals surface area contributed by atoms with E-state index in [2.05, 4.69) is 60.9 Å². The van der Waals surface area contributed by atoms with Gasteiger partial charge in [0.1, 0.15) is 17.4 Å². The van der Waals surface area contributed by atoms with Gasteiger partial charge in [-0.05, 0) is 50.1 Å². The summed E-state index contributed by atoms with van der Waals surface area (Å²) >= 11 is 0. The molecule has 7 nitrogen and oxygen atoms in total. The number of aromatic nitrogens is 4. The van der Waals surface area contributed by atoms with Crippen molar-refractivity contribution in [1.29, 1.82) is 0 Å². The first kappa shape index (κ1) is 18.6. The number of hydrogen-bond acceptors (Lipinski definition) is 5. The summed E-state index contributed by atoms with van der Waals surface area (Å²) in [4.78, 5) is 2.59. The Morgan fingerprint density at radius 1 is 1.24 bits per heavy atom. The first-order chi connectivity index (χ1) is 14.3. The summed E-state index contributed by atoms with van der Waals surface area (Å²) in [6.45, 7) is 9.16. The molecule has 1 saturated heterocycles. The van der Waals surface area contributed by atoms with Gasteiger partial charge in [-0.15, -0.1) is 10.2 Å². The van der Waals surface area contributed by atoms with Gasteiger partial charge in [0.2, 0.25) is 0 Å². The number of nitrogens with zero attached hydrogens (tertiary/aromatic N) is 5. The molecule has 0 aliphatic carbocycles. The molecule has 29 heavy (non-hydrogen) atoms. The molecule has 0 spiro atoms. The number of aryl methyl sites for hydroxylation is 1. The Balaban J connectivity index is 1.39. The molecule has 154 valence electrons. The largest absolute Gasteiger partial charge is 0.497 e. The molecule has 1 unspecified atom stereocenters. The summed E-state index contributed by atoms with van der Waals surface area (Å²) in [5.74, 6) is 3.66. The van der Waals surface area contributed by atoms with E-state index < -0.39 is 0 Å². The second-order valence-electron chi connectivity index (χ2n) is 8.20. The summed E-state index contributed by atoms with van der Waals surface area (Å²) in [6, 6.07) is 6.41. The molecule has 4 heterocycles. The predicted octanol–water partition coefficient (Wildman–Crippen LogP) is 2.74. The number of rotatable bonds is 5. The normalized spacial score (nSPS) is 20.1. The highest BCUT2D eigenvalue weighted by molar-refractivity contribution is 5.85. The highest BCUT2D eigenvalue weighted by atomic mass is 16.5. The van der Waals surface area contributed by atoms with Crippen LogP contribution in [-0.4, -0.2) is 51.0 Å². The molecule has 0 amide bonds. The number of fused-ring (bicyclic) bond motifs is 2. The highest BCUT2D eigenvalue weighted by Crippen LogP contribution is 2.31. The van der Waals surface area contributed by atoms with E-state index in [1.54, 1.807) is 7.11 Å². The topological polar surface area (TPSA) is 60.1 Å². The molecular weight excluding hydrogens is 364 g/mol. The summed E-state index contributed by atoms with van der Waals surface area (Å²) in [5.41, 5.74) is 2.67. The lowest BCUT2D eigenvalue weighted by molar-refractivity contribution is 0.194. The third kappa shape index (κ3) is 3.42. The second kappa shape index (κ2) is 7.80. The average molecular weight is 395 g/mol. The first-order valence-corrected chi connectivity index (χ1v) is 10.8. The van der Waals surface area contributed by atoms with E-state index in [0.29, 0.717) is 5.92 Å². The van der Waals surface area contributed by atoms with E-state index in [-0.39, 0.29) is 0 Å². The summed E-state index contributed by atoms with van der Waals surface area (Å²) in [5, 5.41) is 13.7. The van der Waals surface area contributed by atoms with Gasteiger partial charge in [0.25, 0.3) is 0 Å². The van der Waals surface area contributed by atoms with Crippen molar-refractivity contribution >= 4 is 10.9 Å². The Kier molecular flexibility index (Phi) is 5.01. The zero-order valence-electron chi connectivity index (χ0n) is 17.4. The highest BCUT2D eigenvalue weighted by Gasteiger charge is 2.28. The van der Waals surface area contributed by atoms with Crippen LogP contribution in [0.5, 0.6) is 5.75 Å². The Labute approximate surface area is 171 Å². The molecule has 7 heteroatoms. The van der Waals surface area contributed by atoms with Crippen molar-refractivity contribution in [2.75, 3.05) is 26.7 Å². The molecule has 5 rings (SSSR count). The molecule has 1 N–H and O–H groups in total. The first-order valence-electron chi connectivity index (χ1n) is 10.8. The molecule has 3 aromatic rings. The number of likely N-dealkylation sites (tertiary alicyclic amines) is 1. The minimum absolute atomic E-state index is 0.470. The van der Waals surface area contributed by atoms with Crippen LogP contribution in [0.2, 0.25) is 0 Å². The van der Waals surface area contributed by atoms with Crippen molar-refractivity contribution in [3.63, 3.8) is 0 Å². The SMILES string of the molecule is CCn1cc(CN2CCCC(c3nnc4n3CCNC4)C2)c2cc(OC)ccc21.